The van der Waals surface area contributed by atoms with Crippen LogP contribution in [0.5, 0.6) is 0 Å². The molecule has 154 valence electrons. The molecule has 1 aromatic heterocycles. The van der Waals surface area contributed by atoms with E-state index >= 15 is 0 Å². The van der Waals surface area contributed by atoms with Crippen LogP contribution in [-0.2, 0) is 15.6 Å². The molecule has 2 atom stereocenters. The van der Waals surface area contributed by atoms with Crippen LogP contribution in [0.4, 0.5) is 0 Å². The van der Waals surface area contributed by atoms with E-state index in [1.54, 1.807) is 6.07 Å². The summed E-state index contributed by atoms with van der Waals surface area (Å²) < 4.78 is 29.5. The highest BCUT2D eigenvalue weighted by molar-refractivity contribution is 7.91. The fourth-order valence-corrected chi connectivity index (χ4v) is 6.29. The third kappa shape index (κ3) is 4.57. The molecule has 0 fully saturated rings. The summed E-state index contributed by atoms with van der Waals surface area (Å²) in [4.78, 5) is 0. The molecular formula is C22H24ClNO3S2. The lowest BCUT2D eigenvalue weighted by Gasteiger charge is -2.40. The molecule has 7 heteroatoms. The van der Waals surface area contributed by atoms with Gasteiger partial charge in [0.25, 0.3) is 0 Å². The number of aliphatic hydroxyl groups is 1. The molecular weight excluding hydrogens is 426 g/mol. The summed E-state index contributed by atoms with van der Waals surface area (Å²) in [6.45, 7) is 3.91. The highest BCUT2D eigenvalue weighted by Gasteiger charge is 2.44. The zero-order valence-corrected chi connectivity index (χ0v) is 18.6. The molecule has 2 aromatic carbocycles. The van der Waals surface area contributed by atoms with Crippen LogP contribution in [-0.4, -0.2) is 19.6 Å². The standard InChI is InChI=1S/C22H24ClNO3S2/c1-3-16(2)21(24-29(26,27)20-15-14-19(23)28-20)22(25,17-10-6-4-7-11-17)18-12-8-5-9-13-18/h4-16,21,24-25H,3H2,1-2H3/t16?,21-/m0/s1. The highest BCUT2D eigenvalue weighted by atomic mass is 35.5. The number of hydrogen-bond acceptors (Lipinski definition) is 4. The Balaban J connectivity index is 2.15. The molecule has 4 nitrogen and oxygen atoms in total. The van der Waals surface area contributed by atoms with Gasteiger partial charge < -0.3 is 5.11 Å². The zero-order valence-electron chi connectivity index (χ0n) is 16.2. The summed E-state index contributed by atoms with van der Waals surface area (Å²) in [7, 11) is -3.87. The Hall–Kier alpha value is -1.70. The number of rotatable bonds is 8. The van der Waals surface area contributed by atoms with Crippen molar-refractivity contribution in [3.05, 3.63) is 88.3 Å². The number of halogens is 1. The predicted molar refractivity (Wildman–Crippen MR) is 119 cm³/mol. The molecule has 0 saturated carbocycles. The monoisotopic (exact) mass is 449 g/mol. The summed E-state index contributed by atoms with van der Waals surface area (Å²) >= 11 is 6.94. The van der Waals surface area contributed by atoms with Crippen molar-refractivity contribution in [1.82, 2.24) is 4.72 Å². The highest BCUT2D eigenvalue weighted by Crippen LogP contribution is 2.38. The summed E-state index contributed by atoms with van der Waals surface area (Å²) in [6.07, 6.45) is 0.681. The second kappa shape index (κ2) is 8.98. The maximum atomic E-state index is 13.1. The quantitative estimate of drug-likeness (QED) is 0.506. The van der Waals surface area contributed by atoms with Crippen molar-refractivity contribution in [2.75, 3.05) is 0 Å². The third-order valence-corrected chi connectivity index (χ3v) is 8.35. The molecule has 0 aliphatic carbocycles. The lowest BCUT2D eigenvalue weighted by atomic mass is 9.75. The van der Waals surface area contributed by atoms with Gasteiger partial charge in [-0.15, -0.1) is 11.3 Å². The molecule has 0 amide bonds. The second-order valence-corrected chi connectivity index (χ2v) is 10.7. The first kappa shape index (κ1) is 22.0. The molecule has 0 aliphatic heterocycles. The van der Waals surface area contributed by atoms with Crippen LogP contribution in [0.25, 0.3) is 0 Å². The van der Waals surface area contributed by atoms with E-state index in [1.165, 1.54) is 6.07 Å². The van der Waals surface area contributed by atoms with Gasteiger partial charge in [-0.05, 0) is 29.2 Å². The SMILES string of the molecule is CCC(C)[C@H](NS(=O)(=O)c1ccc(Cl)s1)C(O)(c1ccccc1)c1ccccc1. The average Bonchev–Trinajstić information content (AvgIpc) is 3.19. The Morgan fingerprint density at radius 2 is 1.52 bits per heavy atom. The molecule has 0 bridgehead atoms. The smallest absolute Gasteiger partial charge is 0.250 e. The lowest BCUT2D eigenvalue weighted by Crippen LogP contribution is -2.54. The Labute approximate surface area is 181 Å². The van der Waals surface area contributed by atoms with Gasteiger partial charge in [0.1, 0.15) is 9.81 Å². The normalized spacial score (nSPS) is 14.5. The number of thiophene rings is 1. The van der Waals surface area contributed by atoms with E-state index in [1.807, 2.05) is 74.5 Å². The van der Waals surface area contributed by atoms with Crippen LogP contribution >= 0.6 is 22.9 Å². The van der Waals surface area contributed by atoms with Crippen molar-refractivity contribution >= 4 is 33.0 Å². The van der Waals surface area contributed by atoms with Crippen molar-refractivity contribution in [1.29, 1.82) is 0 Å². The number of sulfonamides is 1. The largest absolute Gasteiger partial charge is 0.379 e. The van der Waals surface area contributed by atoms with E-state index in [2.05, 4.69) is 4.72 Å². The van der Waals surface area contributed by atoms with Crippen molar-refractivity contribution < 1.29 is 13.5 Å². The van der Waals surface area contributed by atoms with Crippen LogP contribution in [0.2, 0.25) is 4.34 Å². The van der Waals surface area contributed by atoms with E-state index in [0.29, 0.717) is 21.9 Å². The number of benzene rings is 2. The van der Waals surface area contributed by atoms with Gasteiger partial charge in [-0.2, -0.15) is 0 Å². The van der Waals surface area contributed by atoms with Gasteiger partial charge >= 0.3 is 0 Å². The van der Waals surface area contributed by atoms with E-state index in [-0.39, 0.29) is 10.1 Å². The Bertz CT molecular complexity index is 997. The molecule has 1 heterocycles. The molecule has 1 unspecified atom stereocenters. The first-order chi connectivity index (χ1) is 13.8. The van der Waals surface area contributed by atoms with Gasteiger partial charge in [0, 0.05) is 0 Å². The topological polar surface area (TPSA) is 66.4 Å². The fourth-order valence-electron chi connectivity index (χ4n) is 3.43. The molecule has 29 heavy (non-hydrogen) atoms. The molecule has 0 spiro atoms. The van der Waals surface area contributed by atoms with Crippen LogP contribution in [0.15, 0.2) is 77.0 Å². The lowest BCUT2D eigenvalue weighted by molar-refractivity contribution is 0.0247. The van der Waals surface area contributed by atoms with Gasteiger partial charge in [-0.1, -0.05) is 92.5 Å². The van der Waals surface area contributed by atoms with E-state index in [0.717, 1.165) is 11.3 Å². The first-order valence-electron chi connectivity index (χ1n) is 9.40. The minimum Gasteiger partial charge on any atom is -0.379 e. The molecule has 0 saturated heterocycles. The summed E-state index contributed by atoms with van der Waals surface area (Å²) in [5.41, 5.74) is -0.293. The van der Waals surface area contributed by atoms with Gasteiger partial charge in [0.15, 0.2) is 0 Å². The summed E-state index contributed by atoms with van der Waals surface area (Å²) in [5, 5.41) is 12.1. The van der Waals surface area contributed by atoms with Crippen molar-refractivity contribution in [2.24, 2.45) is 5.92 Å². The Morgan fingerprint density at radius 1 is 1.00 bits per heavy atom. The number of hydrogen-bond donors (Lipinski definition) is 2. The maximum Gasteiger partial charge on any atom is 0.250 e. The van der Waals surface area contributed by atoms with Gasteiger partial charge in [0.05, 0.1) is 10.4 Å². The third-order valence-electron chi connectivity index (χ3n) is 5.19. The average molecular weight is 450 g/mol. The molecule has 3 rings (SSSR count). The van der Waals surface area contributed by atoms with E-state index in [9.17, 15) is 13.5 Å². The Kier molecular flexibility index (Phi) is 6.81. The second-order valence-electron chi connectivity index (χ2n) is 7.04. The predicted octanol–water partition coefficient (Wildman–Crippen LogP) is 5.03. The fraction of sp³-hybridized carbons (Fsp3) is 0.273. The van der Waals surface area contributed by atoms with Gasteiger partial charge in [-0.25, -0.2) is 13.1 Å². The molecule has 0 aliphatic rings. The van der Waals surface area contributed by atoms with Crippen molar-refractivity contribution in [3.63, 3.8) is 0 Å². The number of nitrogens with one attached hydrogen (secondary N) is 1. The summed E-state index contributed by atoms with van der Waals surface area (Å²) in [6, 6.07) is 20.6. The first-order valence-corrected chi connectivity index (χ1v) is 12.1. The van der Waals surface area contributed by atoms with Gasteiger partial charge in [-0.3, -0.25) is 0 Å². The van der Waals surface area contributed by atoms with Crippen molar-refractivity contribution in [2.45, 2.75) is 36.1 Å². The maximum absolute atomic E-state index is 13.1. The van der Waals surface area contributed by atoms with Crippen molar-refractivity contribution in [3.8, 4) is 0 Å². The minimum atomic E-state index is -3.87. The summed E-state index contributed by atoms with van der Waals surface area (Å²) in [5.74, 6) is -0.148. The molecule has 2 N–H and O–H groups in total. The molecule has 0 radical (unpaired) electrons. The van der Waals surface area contributed by atoms with E-state index < -0.39 is 21.7 Å². The molecule has 3 aromatic rings. The van der Waals surface area contributed by atoms with Gasteiger partial charge in [0.2, 0.25) is 10.0 Å². The Morgan fingerprint density at radius 3 is 1.93 bits per heavy atom. The van der Waals surface area contributed by atoms with Crippen LogP contribution < -0.4 is 4.72 Å². The van der Waals surface area contributed by atoms with E-state index in [4.69, 9.17) is 11.6 Å². The zero-order chi connectivity index (χ0) is 21.1. The van der Waals surface area contributed by atoms with Crippen LogP contribution in [0.1, 0.15) is 31.4 Å². The van der Waals surface area contributed by atoms with Crippen LogP contribution in [0.3, 0.4) is 0 Å². The minimum absolute atomic E-state index is 0.124. The van der Waals surface area contributed by atoms with Crippen LogP contribution in [0, 0.1) is 5.92 Å².